The van der Waals surface area contributed by atoms with Crippen LogP contribution in [0, 0.1) is 6.92 Å². The molecule has 28 heavy (non-hydrogen) atoms. The number of piperidine rings is 1. The van der Waals surface area contributed by atoms with E-state index in [4.69, 9.17) is 5.10 Å². The molecule has 6 nitrogen and oxygen atoms in total. The molecule has 0 aromatic carbocycles. The van der Waals surface area contributed by atoms with Crippen molar-refractivity contribution in [3.8, 4) is 0 Å². The van der Waals surface area contributed by atoms with Gasteiger partial charge in [0.2, 0.25) is 0 Å². The van der Waals surface area contributed by atoms with Crippen molar-refractivity contribution in [2.24, 2.45) is 7.05 Å². The van der Waals surface area contributed by atoms with Crippen LogP contribution in [0.2, 0.25) is 0 Å². The summed E-state index contributed by atoms with van der Waals surface area (Å²) in [5.74, 6) is 1.13. The molecular weight excluding hydrogens is 348 g/mol. The number of hydrogen-bond donors (Lipinski definition) is 0. The molecule has 0 spiro atoms. The summed E-state index contributed by atoms with van der Waals surface area (Å²) in [5, 5.41) is 4.81. The Bertz CT molecular complexity index is 832. The summed E-state index contributed by atoms with van der Waals surface area (Å²) < 4.78 is 2.16. The fraction of sp³-hybridized carbons (Fsp3) is 0.682. The van der Waals surface area contributed by atoms with Crippen molar-refractivity contribution in [2.75, 3.05) is 18.0 Å². The summed E-state index contributed by atoms with van der Waals surface area (Å²) in [6, 6.07) is 3.46. The number of nitrogens with zero attached hydrogens (tertiary/aromatic N) is 6. The average Bonchev–Trinajstić information content (AvgIpc) is 3.48. The zero-order chi connectivity index (χ0) is 19.1. The van der Waals surface area contributed by atoms with Gasteiger partial charge in [0.25, 0.3) is 0 Å². The number of rotatable bonds is 5. The van der Waals surface area contributed by atoms with Gasteiger partial charge in [-0.05, 0) is 63.9 Å². The molecule has 6 heteroatoms. The summed E-state index contributed by atoms with van der Waals surface area (Å²) in [7, 11) is 2.13. The Hall–Kier alpha value is -1.95. The van der Waals surface area contributed by atoms with Gasteiger partial charge in [-0.2, -0.15) is 5.10 Å². The Balaban J connectivity index is 1.26. The van der Waals surface area contributed by atoms with Crippen LogP contribution in [0.25, 0.3) is 0 Å². The Morgan fingerprint density at radius 2 is 1.79 bits per heavy atom. The molecule has 1 aliphatic heterocycles. The maximum absolute atomic E-state index is 4.81. The summed E-state index contributed by atoms with van der Waals surface area (Å²) in [6.45, 7) is 5.45. The molecule has 0 unspecified atom stereocenters. The van der Waals surface area contributed by atoms with Gasteiger partial charge in [0.1, 0.15) is 12.1 Å². The molecule has 1 saturated carbocycles. The van der Waals surface area contributed by atoms with E-state index in [9.17, 15) is 0 Å². The minimum absolute atomic E-state index is 0.610. The molecule has 0 amide bonds. The van der Waals surface area contributed by atoms with E-state index in [0.717, 1.165) is 31.1 Å². The summed E-state index contributed by atoms with van der Waals surface area (Å²) >= 11 is 0. The van der Waals surface area contributed by atoms with E-state index in [1.165, 1.54) is 62.8 Å². The number of anilines is 1. The first-order valence-corrected chi connectivity index (χ1v) is 11.0. The standard InChI is InChI=1S/C22H32N6/c1-16-13-22(24-15-23-16)28(17-7-8-17)18-9-11-27(12-10-18)14-21-19-5-3-4-6-20(19)25-26(21)2/h13,15,17-18H,3-12,14H2,1-2H3. The maximum atomic E-state index is 4.81. The molecule has 5 rings (SSSR count). The average molecular weight is 381 g/mol. The van der Waals surface area contributed by atoms with Crippen molar-refractivity contribution >= 4 is 5.82 Å². The van der Waals surface area contributed by atoms with Gasteiger partial charge >= 0.3 is 0 Å². The highest BCUT2D eigenvalue weighted by Gasteiger charge is 2.36. The lowest BCUT2D eigenvalue weighted by molar-refractivity contribution is 0.195. The largest absolute Gasteiger partial charge is 0.350 e. The van der Waals surface area contributed by atoms with Crippen LogP contribution in [0.3, 0.4) is 0 Å². The first-order valence-electron chi connectivity index (χ1n) is 11.0. The quantitative estimate of drug-likeness (QED) is 0.798. The molecule has 0 atom stereocenters. The van der Waals surface area contributed by atoms with Crippen LogP contribution in [0.5, 0.6) is 0 Å². The van der Waals surface area contributed by atoms with Crippen molar-refractivity contribution in [2.45, 2.75) is 76.9 Å². The van der Waals surface area contributed by atoms with Gasteiger partial charge in [0, 0.05) is 50.5 Å². The Labute approximate surface area is 168 Å². The monoisotopic (exact) mass is 380 g/mol. The first kappa shape index (κ1) is 18.1. The van der Waals surface area contributed by atoms with Gasteiger partial charge in [-0.1, -0.05) is 0 Å². The lowest BCUT2D eigenvalue weighted by atomic mass is 9.95. The number of aryl methyl sites for hydroxylation is 3. The van der Waals surface area contributed by atoms with E-state index < -0.39 is 0 Å². The topological polar surface area (TPSA) is 50.1 Å². The zero-order valence-corrected chi connectivity index (χ0v) is 17.3. The van der Waals surface area contributed by atoms with Crippen molar-refractivity contribution in [1.29, 1.82) is 0 Å². The molecule has 2 aromatic heterocycles. The van der Waals surface area contributed by atoms with Gasteiger partial charge in [0.05, 0.1) is 11.4 Å². The summed E-state index contributed by atoms with van der Waals surface area (Å²) in [6.07, 6.45) is 11.8. The van der Waals surface area contributed by atoms with Crippen molar-refractivity contribution in [3.63, 3.8) is 0 Å². The molecule has 2 aromatic rings. The van der Waals surface area contributed by atoms with E-state index in [1.54, 1.807) is 11.9 Å². The second kappa shape index (κ2) is 7.47. The highest BCUT2D eigenvalue weighted by atomic mass is 15.3. The second-order valence-electron chi connectivity index (χ2n) is 8.87. The number of hydrogen-bond acceptors (Lipinski definition) is 5. The second-order valence-corrected chi connectivity index (χ2v) is 8.87. The SMILES string of the molecule is Cc1cc(N(C2CC2)C2CCN(Cc3c4c(nn3C)CCCC4)CC2)ncn1. The predicted molar refractivity (Wildman–Crippen MR) is 110 cm³/mol. The van der Waals surface area contributed by atoms with Crippen molar-refractivity contribution in [3.05, 3.63) is 35.0 Å². The summed E-state index contributed by atoms with van der Waals surface area (Å²) in [4.78, 5) is 14.1. The van der Waals surface area contributed by atoms with Crippen molar-refractivity contribution < 1.29 is 0 Å². The molecule has 0 N–H and O–H groups in total. The fourth-order valence-electron chi connectivity index (χ4n) is 5.12. The third kappa shape index (κ3) is 3.54. The number of aromatic nitrogens is 4. The third-order valence-electron chi connectivity index (χ3n) is 6.77. The van der Waals surface area contributed by atoms with Crippen molar-refractivity contribution in [1.82, 2.24) is 24.6 Å². The van der Waals surface area contributed by atoms with Gasteiger partial charge in [-0.15, -0.1) is 0 Å². The molecule has 2 fully saturated rings. The van der Waals surface area contributed by atoms with E-state index in [0.29, 0.717) is 12.1 Å². The van der Waals surface area contributed by atoms with Crippen LogP contribution in [0.4, 0.5) is 5.82 Å². The van der Waals surface area contributed by atoms with Crippen LogP contribution < -0.4 is 4.90 Å². The maximum Gasteiger partial charge on any atom is 0.132 e. The number of likely N-dealkylation sites (tertiary alicyclic amines) is 1. The zero-order valence-electron chi connectivity index (χ0n) is 17.3. The Kier molecular flexibility index (Phi) is 4.83. The van der Waals surface area contributed by atoms with E-state index in [1.807, 2.05) is 0 Å². The van der Waals surface area contributed by atoms with E-state index >= 15 is 0 Å². The minimum Gasteiger partial charge on any atom is -0.350 e. The van der Waals surface area contributed by atoms with Gasteiger partial charge in [0.15, 0.2) is 0 Å². The van der Waals surface area contributed by atoms with Crippen LogP contribution in [-0.4, -0.2) is 49.8 Å². The fourth-order valence-corrected chi connectivity index (χ4v) is 5.12. The summed E-state index contributed by atoms with van der Waals surface area (Å²) in [5.41, 5.74) is 5.43. The molecule has 0 bridgehead atoms. The Morgan fingerprint density at radius 3 is 2.54 bits per heavy atom. The highest BCUT2D eigenvalue weighted by Crippen LogP contribution is 2.35. The number of fused-ring (bicyclic) bond motifs is 1. The van der Waals surface area contributed by atoms with Crippen LogP contribution in [0.1, 0.15) is 61.2 Å². The van der Waals surface area contributed by atoms with Gasteiger partial charge in [-0.3, -0.25) is 9.58 Å². The molecule has 0 radical (unpaired) electrons. The van der Waals surface area contributed by atoms with Gasteiger partial charge in [-0.25, -0.2) is 9.97 Å². The lowest BCUT2D eigenvalue weighted by Crippen LogP contribution is -2.46. The Morgan fingerprint density at radius 1 is 1.04 bits per heavy atom. The molecular formula is C22H32N6. The lowest BCUT2D eigenvalue weighted by Gasteiger charge is -2.39. The molecule has 1 saturated heterocycles. The highest BCUT2D eigenvalue weighted by molar-refractivity contribution is 5.43. The third-order valence-corrected chi connectivity index (χ3v) is 6.77. The smallest absolute Gasteiger partial charge is 0.132 e. The van der Waals surface area contributed by atoms with Crippen LogP contribution >= 0.6 is 0 Å². The van der Waals surface area contributed by atoms with Crippen LogP contribution in [-0.2, 0) is 26.4 Å². The van der Waals surface area contributed by atoms with Gasteiger partial charge < -0.3 is 4.90 Å². The molecule has 3 aliphatic rings. The van der Waals surface area contributed by atoms with E-state index in [2.05, 4.69) is 44.5 Å². The molecule has 3 heterocycles. The first-order chi connectivity index (χ1) is 13.7. The predicted octanol–water partition coefficient (Wildman–Crippen LogP) is 3.03. The van der Waals surface area contributed by atoms with Crippen LogP contribution in [0.15, 0.2) is 12.4 Å². The van der Waals surface area contributed by atoms with E-state index in [-0.39, 0.29) is 0 Å². The molecule has 150 valence electrons. The molecule has 2 aliphatic carbocycles. The minimum atomic E-state index is 0.610. The normalized spacial score (nSPS) is 20.9.